The first-order valence-corrected chi connectivity index (χ1v) is 4.68. The van der Waals surface area contributed by atoms with E-state index in [0.29, 0.717) is 5.41 Å². The minimum atomic E-state index is -0.927. The Bertz CT molecular complexity index is 144. The molecular weight excluding hydrogens is 191 g/mol. The van der Waals surface area contributed by atoms with Crippen LogP contribution in [0.15, 0.2) is 0 Å². The van der Waals surface area contributed by atoms with Gasteiger partial charge in [-0.05, 0) is 24.7 Å². The number of carbonyl (C=O) groups is 1. The maximum Gasteiger partial charge on any atom is 1.00 e. The van der Waals surface area contributed by atoms with E-state index in [1.165, 1.54) is 0 Å². The standard InChI is InChI=1S/C10H20O2.K/c1-4-10(2,3)8-6-5-7-9(11)12;/h4-8H2,1-3H3,(H,11,12);/q;+1/p-1. The van der Waals surface area contributed by atoms with Gasteiger partial charge in [0, 0.05) is 5.97 Å². The topological polar surface area (TPSA) is 40.1 Å². The molecule has 0 aromatic heterocycles. The molecule has 0 saturated carbocycles. The van der Waals surface area contributed by atoms with E-state index < -0.39 is 5.97 Å². The summed E-state index contributed by atoms with van der Waals surface area (Å²) in [5.74, 6) is -0.927. The van der Waals surface area contributed by atoms with Gasteiger partial charge in [0.15, 0.2) is 0 Å². The summed E-state index contributed by atoms with van der Waals surface area (Å²) in [7, 11) is 0. The molecule has 0 aliphatic heterocycles. The average molecular weight is 210 g/mol. The maximum absolute atomic E-state index is 10.1. The van der Waals surface area contributed by atoms with Gasteiger partial charge in [0.1, 0.15) is 0 Å². The molecule has 0 bridgehead atoms. The Kier molecular flexibility index (Phi) is 10.7. The van der Waals surface area contributed by atoms with Crippen molar-refractivity contribution in [2.24, 2.45) is 5.41 Å². The van der Waals surface area contributed by atoms with Crippen molar-refractivity contribution >= 4 is 5.97 Å². The van der Waals surface area contributed by atoms with Crippen LogP contribution in [0.3, 0.4) is 0 Å². The molecule has 0 unspecified atom stereocenters. The van der Waals surface area contributed by atoms with Crippen molar-refractivity contribution in [1.29, 1.82) is 0 Å². The van der Waals surface area contributed by atoms with Gasteiger partial charge in [-0.1, -0.05) is 33.6 Å². The van der Waals surface area contributed by atoms with E-state index in [9.17, 15) is 9.90 Å². The van der Waals surface area contributed by atoms with Crippen LogP contribution in [0.1, 0.15) is 52.9 Å². The van der Waals surface area contributed by atoms with Crippen LogP contribution in [0, 0.1) is 5.41 Å². The first-order valence-electron chi connectivity index (χ1n) is 4.68. The van der Waals surface area contributed by atoms with Crippen molar-refractivity contribution in [3.05, 3.63) is 0 Å². The predicted molar refractivity (Wildman–Crippen MR) is 47.5 cm³/mol. The Balaban J connectivity index is 0. The summed E-state index contributed by atoms with van der Waals surface area (Å²) in [6, 6.07) is 0. The van der Waals surface area contributed by atoms with Crippen LogP contribution in [0.4, 0.5) is 0 Å². The maximum atomic E-state index is 10.1. The minimum absolute atomic E-state index is 0. The molecule has 0 spiro atoms. The van der Waals surface area contributed by atoms with Crippen LogP contribution in [0.5, 0.6) is 0 Å². The normalized spacial score (nSPS) is 10.7. The molecule has 0 rings (SSSR count). The molecule has 72 valence electrons. The third-order valence-corrected chi connectivity index (χ3v) is 2.44. The SMILES string of the molecule is CCC(C)(C)CCCCC(=O)[O-].[K+]. The first kappa shape index (κ1) is 16.5. The molecule has 13 heavy (non-hydrogen) atoms. The number of hydrogen-bond donors (Lipinski definition) is 0. The molecule has 0 saturated heterocycles. The minimum Gasteiger partial charge on any atom is -0.550 e. The van der Waals surface area contributed by atoms with Gasteiger partial charge in [-0.15, -0.1) is 0 Å². The van der Waals surface area contributed by atoms with E-state index in [2.05, 4.69) is 20.8 Å². The Labute approximate surface area is 124 Å². The Morgan fingerprint density at radius 2 is 1.85 bits per heavy atom. The number of carbonyl (C=O) groups excluding carboxylic acids is 1. The number of aliphatic carboxylic acids is 1. The molecular formula is C10H19KO2. The second-order valence-corrected chi connectivity index (χ2v) is 4.10. The largest absolute Gasteiger partial charge is 1.00 e. The summed E-state index contributed by atoms with van der Waals surface area (Å²) in [5.41, 5.74) is 0.367. The van der Waals surface area contributed by atoms with Gasteiger partial charge in [-0.2, -0.15) is 0 Å². The van der Waals surface area contributed by atoms with Gasteiger partial charge in [-0.3, -0.25) is 0 Å². The van der Waals surface area contributed by atoms with Crippen LogP contribution >= 0.6 is 0 Å². The zero-order chi connectivity index (χ0) is 9.61. The molecule has 0 radical (unpaired) electrons. The van der Waals surface area contributed by atoms with E-state index in [4.69, 9.17) is 0 Å². The summed E-state index contributed by atoms with van der Waals surface area (Å²) < 4.78 is 0. The van der Waals surface area contributed by atoms with Crippen molar-refractivity contribution in [3.63, 3.8) is 0 Å². The fourth-order valence-electron chi connectivity index (χ4n) is 1.05. The van der Waals surface area contributed by atoms with E-state index in [1.54, 1.807) is 0 Å². The second-order valence-electron chi connectivity index (χ2n) is 4.10. The first-order chi connectivity index (χ1) is 5.48. The number of carboxylic acid groups (broad SMARTS) is 1. The van der Waals surface area contributed by atoms with Crippen LogP contribution in [-0.4, -0.2) is 5.97 Å². The van der Waals surface area contributed by atoms with Crippen LogP contribution in [-0.2, 0) is 4.79 Å². The molecule has 3 heteroatoms. The molecule has 0 N–H and O–H groups in total. The van der Waals surface area contributed by atoms with Gasteiger partial charge >= 0.3 is 51.4 Å². The van der Waals surface area contributed by atoms with Crippen molar-refractivity contribution in [3.8, 4) is 0 Å². The molecule has 0 heterocycles. The molecule has 0 aromatic rings. The Morgan fingerprint density at radius 1 is 1.31 bits per heavy atom. The van der Waals surface area contributed by atoms with Gasteiger partial charge in [0.05, 0.1) is 0 Å². The summed E-state index contributed by atoms with van der Waals surface area (Å²) in [5, 5.41) is 10.1. The van der Waals surface area contributed by atoms with Crippen molar-refractivity contribution in [2.75, 3.05) is 0 Å². The summed E-state index contributed by atoms with van der Waals surface area (Å²) in [4.78, 5) is 10.1. The van der Waals surface area contributed by atoms with Gasteiger partial charge in [0.2, 0.25) is 0 Å². The zero-order valence-electron chi connectivity index (χ0n) is 9.35. The summed E-state index contributed by atoms with van der Waals surface area (Å²) >= 11 is 0. The molecule has 0 aromatic carbocycles. The molecule has 0 aliphatic rings. The fourth-order valence-corrected chi connectivity index (χ4v) is 1.05. The second kappa shape index (κ2) is 8.42. The van der Waals surface area contributed by atoms with E-state index in [0.717, 1.165) is 25.7 Å². The van der Waals surface area contributed by atoms with E-state index >= 15 is 0 Å². The van der Waals surface area contributed by atoms with Crippen LogP contribution < -0.4 is 56.5 Å². The van der Waals surface area contributed by atoms with Crippen molar-refractivity contribution in [1.82, 2.24) is 0 Å². The molecule has 2 nitrogen and oxygen atoms in total. The van der Waals surface area contributed by atoms with E-state index in [1.807, 2.05) is 0 Å². The predicted octanol–water partition coefficient (Wildman–Crippen LogP) is -1.26. The van der Waals surface area contributed by atoms with E-state index in [-0.39, 0.29) is 57.8 Å². The third-order valence-electron chi connectivity index (χ3n) is 2.44. The van der Waals surface area contributed by atoms with Crippen molar-refractivity contribution < 1.29 is 61.3 Å². The third kappa shape index (κ3) is 11.0. The number of hydrogen-bond acceptors (Lipinski definition) is 2. The molecule has 0 amide bonds. The molecule has 0 fully saturated rings. The van der Waals surface area contributed by atoms with Crippen molar-refractivity contribution in [2.45, 2.75) is 52.9 Å². The zero-order valence-corrected chi connectivity index (χ0v) is 12.5. The fraction of sp³-hybridized carbons (Fsp3) is 0.900. The average Bonchev–Trinajstić information content (AvgIpc) is 1.98. The summed E-state index contributed by atoms with van der Waals surface area (Å²) in [6.45, 7) is 6.59. The molecule has 0 atom stereocenters. The number of rotatable bonds is 6. The Hall–Kier alpha value is 1.11. The van der Waals surface area contributed by atoms with Gasteiger partial charge < -0.3 is 9.90 Å². The number of carboxylic acids is 1. The van der Waals surface area contributed by atoms with Crippen LogP contribution in [0.2, 0.25) is 0 Å². The number of unbranched alkanes of at least 4 members (excludes halogenated alkanes) is 1. The monoisotopic (exact) mass is 210 g/mol. The van der Waals surface area contributed by atoms with Crippen LogP contribution in [0.25, 0.3) is 0 Å². The molecule has 0 aliphatic carbocycles. The summed E-state index contributed by atoms with van der Waals surface area (Å²) in [6.07, 6.45) is 4.22. The smallest absolute Gasteiger partial charge is 0.550 e. The Morgan fingerprint density at radius 3 is 2.23 bits per heavy atom. The van der Waals surface area contributed by atoms with Gasteiger partial charge in [-0.25, -0.2) is 0 Å². The quantitative estimate of drug-likeness (QED) is 0.405. The van der Waals surface area contributed by atoms with Gasteiger partial charge in [0.25, 0.3) is 0 Å².